The van der Waals surface area contributed by atoms with E-state index in [1.165, 1.54) is 23.7 Å². The molecule has 0 aromatic carbocycles. The quantitative estimate of drug-likeness (QED) is 0.759. The molecule has 0 fully saturated rings. The lowest BCUT2D eigenvalue weighted by Gasteiger charge is -2.01. The molecule has 2 N–H and O–H groups in total. The Morgan fingerprint density at radius 1 is 1.50 bits per heavy atom. The third-order valence-electron chi connectivity index (χ3n) is 1.62. The first kappa shape index (κ1) is 9.61. The SMILES string of the molecule is O=P(O)(O)c1ccoc1-c1cscn1. The van der Waals surface area contributed by atoms with Crippen LogP contribution >= 0.6 is 18.9 Å². The number of aromatic nitrogens is 1. The average molecular weight is 231 g/mol. The summed E-state index contributed by atoms with van der Waals surface area (Å²) in [6, 6.07) is 1.26. The summed E-state index contributed by atoms with van der Waals surface area (Å²) in [6.07, 6.45) is 1.24. The molecule has 2 heterocycles. The highest BCUT2D eigenvalue weighted by atomic mass is 32.1. The molecule has 74 valence electrons. The lowest BCUT2D eigenvalue weighted by molar-refractivity contribution is 0.387. The molecule has 0 saturated carbocycles. The summed E-state index contributed by atoms with van der Waals surface area (Å²) in [7, 11) is -4.28. The Hall–Kier alpha value is -0.940. The monoisotopic (exact) mass is 231 g/mol. The van der Waals surface area contributed by atoms with Gasteiger partial charge in [0.2, 0.25) is 0 Å². The van der Waals surface area contributed by atoms with Crippen LogP contribution in [0.1, 0.15) is 0 Å². The van der Waals surface area contributed by atoms with Crippen molar-refractivity contribution in [3.8, 4) is 11.5 Å². The van der Waals surface area contributed by atoms with E-state index in [1.54, 1.807) is 10.9 Å². The zero-order chi connectivity index (χ0) is 10.2. The van der Waals surface area contributed by atoms with Crippen LogP contribution in [0.5, 0.6) is 0 Å². The van der Waals surface area contributed by atoms with Crippen molar-refractivity contribution in [2.75, 3.05) is 0 Å². The zero-order valence-electron chi connectivity index (χ0n) is 6.82. The number of nitrogens with zero attached hydrogens (tertiary/aromatic N) is 1. The molecule has 0 bridgehead atoms. The fraction of sp³-hybridized carbons (Fsp3) is 0. The van der Waals surface area contributed by atoms with Crippen LogP contribution < -0.4 is 5.30 Å². The minimum absolute atomic E-state index is 0.122. The highest BCUT2D eigenvalue weighted by molar-refractivity contribution is 7.60. The van der Waals surface area contributed by atoms with Gasteiger partial charge in [0.25, 0.3) is 0 Å². The van der Waals surface area contributed by atoms with Crippen molar-refractivity contribution in [1.82, 2.24) is 4.98 Å². The van der Waals surface area contributed by atoms with Gasteiger partial charge in [-0.05, 0) is 6.07 Å². The van der Waals surface area contributed by atoms with Gasteiger partial charge in [-0.25, -0.2) is 4.98 Å². The van der Waals surface area contributed by atoms with E-state index >= 15 is 0 Å². The van der Waals surface area contributed by atoms with Crippen LogP contribution in [0.2, 0.25) is 0 Å². The topological polar surface area (TPSA) is 83.6 Å². The first-order valence-corrected chi connectivity index (χ1v) is 6.17. The Morgan fingerprint density at radius 3 is 2.86 bits per heavy atom. The highest BCUT2D eigenvalue weighted by Gasteiger charge is 2.25. The molecule has 0 aliphatic rings. The highest BCUT2D eigenvalue weighted by Crippen LogP contribution is 2.38. The Kier molecular flexibility index (Phi) is 2.28. The van der Waals surface area contributed by atoms with Crippen LogP contribution in [0, 0.1) is 0 Å². The van der Waals surface area contributed by atoms with Crippen molar-refractivity contribution >= 4 is 24.2 Å². The second kappa shape index (κ2) is 3.33. The third-order valence-corrected chi connectivity index (χ3v) is 3.19. The van der Waals surface area contributed by atoms with Gasteiger partial charge in [-0.3, -0.25) is 4.57 Å². The maximum Gasteiger partial charge on any atom is 0.360 e. The maximum atomic E-state index is 11.0. The molecule has 0 atom stereocenters. The van der Waals surface area contributed by atoms with Crippen LogP contribution in [0.15, 0.2) is 27.6 Å². The molecule has 2 aromatic heterocycles. The summed E-state index contributed by atoms with van der Waals surface area (Å²) < 4.78 is 16.0. The molecule has 0 radical (unpaired) electrons. The molecule has 0 aliphatic heterocycles. The van der Waals surface area contributed by atoms with Gasteiger partial charge in [0.15, 0.2) is 5.76 Å². The van der Waals surface area contributed by atoms with Gasteiger partial charge in [0.05, 0.1) is 11.8 Å². The van der Waals surface area contributed by atoms with Gasteiger partial charge in [0, 0.05) is 5.38 Å². The van der Waals surface area contributed by atoms with Crippen LogP contribution in [-0.2, 0) is 4.57 Å². The van der Waals surface area contributed by atoms with E-state index in [0.717, 1.165) is 0 Å². The van der Waals surface area contributed by atoms with E-state index < -0.39 is 7.60 Å². The summed E-state index contributed by atoms with van der Waals surface area (Å²) in [6.45, 7) is 0. The van der Waals surface area contributed by atoms with E-state index in [2.05, 4.69) is 4.98 Å². The van der Waals surface area contributed by atoms with Crippen molar-refractivity contribution in [3.63, 3.8) is 0 Å². The normalized spacial score (nSPS) is 11.9. The van der Waals surface area contributed by atoms with Crippen molar-refractivity contribution in [2.45, 2.75) is 0 Å². The number of hydrogen-bond donors (Lipinski definition) is 2. The molecular formula is C7H6NO4PS. The maximum absolute atomic E-state index is 11.0. The Bertz CT molecular complexity index is 472. The fourth-order valence-electron chi connectivity index (χ4n) is 1.05. The van der Waals surface area contributed by atoms with Crippen molar-refractivity contribution in [3.05, 3.63) is 23.2 Å². The van der Waals surface area contributed by atoms with Crippen LogP contribution in [0.4, 0.5) is 0 Å². The number of hydrogen-bond acceptors (Lipinski definition) is 4. The summed E-state index contributed by atoms with van der Waals surface area (Å²) in [5.41, 5.74) is 2.01. The average Bonchev–Trinajstić information content (AvgIpc) is 2.73. The molecule has 0 aliphatic carbocycles. The van der Waals surface area contributed by atoms with Crippen molar-refractivity contribution in [1.29, 1.82) is 0 Å². The van der Waals surface area contributed by atoms with E-state index in [9.17, 15) is 4.57 Å². The summed E-state index contributed by atoms with van der Waals surface area (Å²) in [5.74, 6) is 0.139. The molecule has 0 amide bonds. The summed E-state index contributed by atoms with van der Waals surface area (Å²) in [4.78, 5) is 21.9. The van der Waals surface area contributed by atoms with Crippen LogP contribution in [0.25, 0.3) is 11.5 Å². The van der Waals surface area contributed by atoms with Gasteiger partial charge in [0.1, 0.15) is 11.0 Å². The van der Waals surface area contributed by atoms with Crippen molar-refractivity contribution < 1.29 is 18.8 Å². The van der Waals surface area contributed by atoms with E-state index in [1.807, 2.05) is 0 Å². The number of furan rings is 1. The van der Waals surface area contributed by atoms with Gasteiger partial charge in [-0.2, -0.15) is 0 Å². The summed E-state index contributed by atoms with van der Waals surface area (Å²) >= 11 is 1.33. The molecule has 2 aromatic rings. The van der Waals surface area contributed by atoms with Gasteiger partial charge < -0.3 is 14.2 Å². The standard InChI is InChI=1S/C7H6NO4PS/c9-13(10,11)6-1-2-12-7(6)5-3-14-4-8-5/h1-4H,(H2,9,10,11). The Balaban J connectivity index is 2.56. The lowest BCUT2D eigenvalue weighted by Crippen LogP contribution is -2.03. The van der Waals surface area contributed by atoms with Crippen LogP contribution in [-0.4, -0.2) is 14.8 Å². The molecular weight excluding hydrogens is 225 g/mol. The number of thiazole rings is 1. The molecule has 14 heavy (non-hydrogen) atoms. The third kappa shape index (κ3) is 1.65. The first-order chi connectivity index (χ1) is 6.59. The second-order valence-corrected chi connectivity index (χ2v) is 4.84. The molecule has 0 unspecified atom stereocenters. The van der Waals surface area contributed by atoms with Crippen molar-refractivity contribution in [2.24, 2.45) is 0 Å². The molecule has 0 spiro atoms. The van der Waals surface area contributed by atoms with Gasteiger partial charge in [-0.15, -0.1) is 11.3 Å². The minimum Gasteiger partial charge on any atom is -0.462 e. The fourth-order valence-corrected chi connectivity index (χ4v) is 2.27. The van der Waals surface area contributed by atoms with Crippen LogP contribution in [0.3, 0.4) is 0 Å². The number of rotatable bonds is 2. The van der Waals surface area contributed by atoms with E-state index in [0.29, 0.717) is 5.69 Å². The minimum atomic E-state index is -4.28. The first-order valence-electron chi connectivity index (χ1n) is 3.61. The lowest BCUT2D eigenvalue weighted by atomic mass is 10.4. The summed E-state index contributed by atoms with van der Waals surface area (Å²) in [5, 5.41) is 1.54. The molecule has 7 heteroatoms. The largest absolute Gasteiger partial charge is 0.462 e. The predicted molar refractivity (Wildman–Crippen MR) is 51.5 cm³/mol. The van der Waals surface area contributed by atoms with Gasteiger partial charge in [-0.1, -0.05) is 0 Å². The Morgan fingerprint density at radius 2 is 2.29 bits per heavy atom. The van der Waals surface area contributed by atoms with E-state index in [-0.39, 0.29) is 11.1 Å². The smallest absolute Gasteiger partial charge is 0.360 e. The zero-order valence-corrected chi connectivity index (χ0v) is 8.53. The molecule has 2 rings (SSSR count). The predicted octanol–water partition coefficient (Wildman–Crippen LogP) is 1.21. The molecule has 5 nitrogen and oxygen atoms in total. The Labute approximate surface area is 83.2 Å². The second-order valence-electron chi connectivity index (χ2n) is 2.55. The van der Waals surface area contributed by atoms with Gasteiger partial charge >= 0.3 is 7.60 Å². The molecule has 0 saturated heterocycles. The van der Waals surface area contributed by atoms with E-state index in [4.69, 9.17) is 14.2 Å².